The maximum atomic E-state index is 12.5. The molecule has 0 radical (unpaired) electrons. The topological polar surface area (TPSA) is 81.5 Å². The van der Waals surface area contributed by atoms with Gasteiger partial charge in [-0.05, 0) is 79.2 Å². The Kier molecular flexibility index (Phi) is 14.5. The number of halogens is 7. The van der Waals surface area contributed by atoms with Gasteiger partial charge in [-0.1, -0.05) is 72.3 Å². The largest absolute Gasteiger partial charge is 0.486 e. The van der Waals surface area contributed by atoms with Gasteiger partial charge in [-0.3, -0.25) is 0 Å². The van der Waals surface area contributed by atoms with E-state index < -0.39 is 29.6 Å². The Hall–Kier alpha value is -3.57. The first-order chi connectivity index (χ1) is 20.3. The fourth-order valence-electron chi connectivity index (χ4n) is 3.64. The van der Waals surface area contributed by atoms with E-state index in [0.29, 0.717) is 36.7 Å². The number of aliphatic hydroxyl groups is 1. The summed E-state index contributed by atoms with van der Waals surface area (Å²) < 4.78 is 78.9. The number of nitrogens with two attached hydrogens (primary N) is 2. The number of alkyl halides is 6. The third-order valence-corrected chi connectivity index (χ3v) is 6.11. The minimum atomic E-state index is -4.34. The summed E-state index contributed by atoms with van der Waals surface area (Å²) in [5.41, 5.74) is 11.4. The second kappa shape index (κ2) is 17.5. The Bertz CT molecular complexity index is 1300. The molecular formula is C32H33ClF6N2O2. The molecule has 0 aliphatic heterocycles. The Morgan fingerprint density at radius 2 is 1.02 bits per heavy atom. The van der Waals surface area contributed by atoms with E-state index in [1.54, 1.807) is 0 Å². The zero-order valence-electron chi connectivity index (χ0n) is 23.0. The van der Waals surface area contributed by atoms with Crippen LogP contribution < -0.4 is 16.2 Å². The van der Waals surface area contributed by atoms with E-state index in [1.807, 2.05) is 60.7 Å². The molecule has 4 aromatic carbocycles. The summed E-state index contributed by atoms with van der Waals surface area (Å²) in [5.74, 6) is 0.394. The van der Waals surface area contributed by atoms with Gasteiger partial charge >= 0.3 is 12.4 Å². The van der Waals surface area contributed by atoms with Gasteiger partial charge in [0.05, 0.1) is 17.2 Å². The molecule has 43 heavy (non-hydrogen) atoms. The van der Waals surface area contributed by atoms with Gasteiger partial charge in [0.1, 0.15) is 11.9 Å². The SMILES string of the molecule is FC(F)(F)c1ccc(Cl)cc1.NCC[C@@H](O)c1ccccc1.NCC[C@@H](Oc1ccc(C(F)(F)F)cc1)c1ccccc1. The van der Waals surface area contributed by atoms with Crippen LogP contribution in [0.2, 0.25) is 5.02 Å². The second-order valence-corrected chi connectivity index (χ2v) is 9.56. The minimum Gasteiger partial charge on any atom is -0.486 e. The summed E-state index contributed by atoms with van der Waals surface area (Å²) in [6.45, 7) is 0.955. The number of benzene rings is 4. The van der Waals surface area contributed by atoms with Crippen molar-refractivity contribution in [3.05, 3.63) is 136 Å². The van der Waals surface area contributed by atoms with Gasteiger partial charge < -0.3 is 21.3 Å². The Morgan fingerprint density at radius 3 is 1.44 bits per heavy atom. The normalized spacial score (nSPS) is 12.6. The van der Waals surface area contributed by atoms with Crippen molar-refractivity contribution in [1.82, 2.24) is 0 Å². The highest BCUT2D eigenvalue weighted by Crippen LogP contribution is 2.32. The molecule has 0 aliphatic carbocycles. The lowest BCUT2D eigenvalue weighted by atomic mass is 10.1. The molecule has 4 aromatic rings. The van der Waals surface area contributed by atoms with Gasteiger partial charge in [-0.25, -0.2) is 0 Å². The maximum Gasteiger partial charge on any atom is 0.416 e. The first-order valence-corrected chi connectivity index (χ1v) is 13.6. The summed E-state index contributed by atoms with van der Waals surface area (Å²) in [6.07, 6.45) is -8.07. The van der Waals surface area contributed by atoms with Crippen LogP contribution in [0.1, 0.15) is 47.3 Å². The van der Waals surface area contributed by atoms with E-state index in [-0.39, 0.29) is 6.10 Å². The van der Waals surface area contributed by atoms with Crippen molar-refractivity contribution in [3.8, 4) is 5.75 Å². The van der Waals surface area contributed by atoms with Crippen LogP contribution in [0.25, 0.3) is 0 Å². The van der Waals surface area contributed by atoms with Crippen molar-refractivity contribution in [3.63, 3.8) is 0 Å². The van der Waals surface area contributed by atoms with Crippen LogP contribution in [-0.4, -0.2) is 18.2 Å². The molecule has 0 unspecified atom stereocenters. The third kappa shape index (κ3) is 13.1. The monoisotopic (exact) mass is 626 g/mol. The number of ether oxygens (including phenoxy) is 1. The first kappa shape index (κ1) is 35.6. The maximum absolute atomic E-state index is 12.5. The summed E-state index contributed by atoms with van der Waals surface area (Å²) in [5, 5.41) is 9.74. The van der Waals surface area contributed by atoms with Gasteiger partial charge in [-0.2, -0.15) is 26.3 Å². The average molecular weight is 627 g/mol. The van der Waals surface area contributed by atoms with Crippen LogP contribution in [0.4, 0.5) is 26.3 Å². The molecule has 4 nitrogen and oxygen atoms in total. The fourth-order valence-corrected chi connectivity index (χ4v) is 3.76. The molecular weight excluding hydrogens is 594 g/mol. The van der Waals surface area contributed by atoms with Crippen molar-refractivity contribution in [2.45, 2.75) is 37.4 Å². The summed E-state index contributed by atoms with van der Waals surface area (Å²) in [4.78, 5) is 0. The van der Waals surface area contributed by atoms with E-state index in [1.165, 1.54) is 24.3 Å². The molecule has 0 saturated heterocycles. The zero-order chi connectivity index (χ0) is 31.9. The van der Waals surface area contributed by atoms with Crippen molar-refractivity contribution in [1.29, 1.82) is 0 Å². The van der Waals surface area contributed by atoms with E-state index in [4.69, 9.17) is 27.8 Å². The number of hydrogen-bond donors (Lipinski definition) is 3. The van der Waals surface area contributed by atoms with E-state index in [0.717, 1.165) is 35.4 Å². The molecule has 0 aliphatic rings. The molecule has 2 atom stereocenters. The number of rotatable bonds is 8. The highest BCUT2D eigenvalue weighted by atomic mass is 35.5. The van der Waals surface area contributed by atoms with Gasteiger partial charge in [0.15, 0.2) is 0 Å². The Balaban J connectivity index is 0.000000247. The van der Waals surface area contributed by atoms with Gasteiger partial charge in [-0.15, -0.1) is 0 Å². The Labute approximate surface area is 251 Å². The van der Waals surface area contributed by atoms with Gasteiger partial charge in [0.25, 0.3) is 0 Å². The standard InChI is InChI=1S/C16H16F3NO.C9H13NO.C7H4ClF3/c17-16(18,19)13-6-8-14(9-7-13)21-15(10-11-20)12-4-2-1-3-5-12;10-7-6-9(11)8-4-2-1-3-5-8;8-6-3-1-5(2-4-6)7(9,10)11/h1-9,15H,10-11,20H2;1-5,9,11H,6-7,10H2;1-4H/t15-;9-;/m11./s1. The minimum absolute atomic E-state index is 0.270. The van der Waals surface area contributed by atoms with Crippen LogP contribution in [0.5, 0.6) is 5.75 Å². The average Bonchev–Trinajstić information content (AvgIpc) is 2.98. The second-order valence-electron chi connectivity index (χ2n) is 9.13. The van der Waals surface area contributed by atoms with Crippen LogP contribution >= 0.6 is 11.6 Å². The predicted molar refractivity (Wildman–Crippen MR) is 156 cm³/mol. The summed E-state index contributed by atoms with van der Waals surface area (Å²) in [7, 11) is 0. The lowest BCUT2D eigenvalue weighted by Gasteiger charge is -2.19. The van der Waals surface area contributed by atoms with Crippen molar-refractivity contribution in [2.24, 2.45) is 11.5 Å². The van der Waals surface area contributed by atoms with Crippen LogP contribution in [0, 0.1) is 0 Å². The molecule has 0 heterocycles. The van der Waals surface area contributed by atoms with Crippen molar-refractivity contribution >= 4 is 11.6 Å². The molecule has 4 rings (SSSR count). The van der Waals surface area contributed by atoms with E-state index >= 15 is 0 Å². The van der Waals surface area contributed by atoms with Gasteiger partial charge in [0, 0.05) is 11.4 Å². The molecule has 232 valence electrons. The molecule has 0 aromatic heterocycles. The highest BCUT2D eigenvalue weighted by Gasteiger charge is 2.30. The lowest BCUT2D eigenvalue weighted by Crippen LogP contribution is -2.13. The molecule has 0 saturated carbocycles. The quantitative estimate of drug-likeness (QED) is 0.171. The summed E-state index contributed by atoms with van der Waals surface area (Å²) >= 11 is 5.39. The highest BCUT2D eigenvalue weighted by molar-refractivity contribution is 6.30. The van der Waals surface area contributed by atoms with Crippen LogP contribution in [0.15, 0.2) is 109 Å². The zero-order valence-corrected chi connectivity index (χ0v) is 23.8. The smallest absolute Gasteiger partial charge is 0.416 e. The predicted octanol–water partition coefficient (Wildman–Crippen LogP) is 8.60. The number of aliphatic hydroxyl groups excluding tert-OH is 1. The first-order valence-electron chi connectivity index (χ1n) is 13.2. The molecule has 0 bridgehead atoms. The fraction of sp³-hybridized carbons (Fsp3) is 0.250. The van der Waals surface area contributed by atoms with Crippen molar-refractivity contribution in [2.75, 3.05) is 13.1 Å². The lowest BCUT2D eigenvalue weighted by molar-refractivity contribution is -0.138. The molecule has 5 N–H and O–H groups in total. The van der Waals surface area contributed by atoms with Crippen LogP contribution in [0.3, 0.4) is 0 Å². The molecule has 0 fully saturated rings. The van der Waals surface area contributed by atoms with Crippen molar-refractivity contribution < 1.29 is 36.2 Å². The van der Waals surface area contributed by atoms with Gasteiger partial charge in [0.2, 0.25) is 0 Å². The van der Waals surface area contributed by atoms with Crippen LogP contribution in [-0.2, 0) is 12.4 Å². The van der Waals surface area contributed by atoms with E-state index in [9.17, 15) is 31.4 Å². The molecule has 11 heteroatoms. The summed E-state index contributed by atoms with van der Waals surface area (Å²) in [6, 6.07) is 28.0. The van der Waals surface area contributed by atoms with E-state index in [2.05, 4.69) is 0 Å². The number of hydrogen-bond acceptors (Lipinski definition) is 4. The molecule has 0 amide bonds. The Morgan fingerprint density at radius 1 is 0.605 bits per heavy atom. The molecule has 0 spiro atoms. The third-order valence-electron chi connectivity index (χ3n) is 5.86.